The lowest BCUT2D eigenvalue weighted by Gasteiger charge is -2.26. The number of aliphatic hydroxyl groups is 1. The number of quaternary nitrogens is 1. The smallest absolute Gasteiger partial charge is 0.391 e. The molecule has 0 saturated heterocycles. The molecule has 0 heterocycles. The van der Waals surface area contributed by atoms with Crippen molar-refractivity contribution in [1.82, 2.24) is 5.32 Å². The van der Waals surface area contributed by atoms with Crippen LogP contribution in [0, 0.1) is 0 Å². The van der Waals surface area contributed by atoms with Gasteiger partial charge in [0.15, 0.2) is 0 Å². The molecule has 0 bridgehead atoms. The number of likely N-dealkylation sites (N-methyl/N-ethyl adjacent to an activating group) is 1. The van der Waals surface area contributed by atoms with Gasteiger partial charge in [0.1, 0.15) is 13.2 Å². The van der Waals surface area contributed by atoms with E-state index in [0.717, 1.165) is 128 Å². The van der Waals surface area contributed by atoms with Crippen molar-refractivity contribution in [2.24, 2.45) is 0 Å². The molecule has 0 aliphatic rings. The molecule has 0 aliphatic carbocycles. The van der Waals surface area contributed by atoms with Gasteiger partial charge in [-0.05, 0) is 96.3 Å². The second-order valence-corrected chi connectivity index (χ2v) is 20.3. The molecule has 3 N–H and O–H groups in total. The van der Waals surface area contributed by atoms with Crippen molar-refractivity contribution in [3.63, 3.8) is 0 Å². The van der Waals surface area contributed by atoms with E-state index in [1.807, 2.05) is 21.1 Å². The summed E-state index contributed by atoms with van der Waals surface area (Å²) in [5.41, 5.74) is 0. The minimum Gasteiger partial charge on any atom is -0.391 e. The van der Waals surface area contributed by atoms with Gasteiger partial charge >= 0.3 is 7.82 Å². The average molecular weight is 978 g/mol. The van der Waals surface area contributed by atoms with Gasteiger partial charge in [0.25, 0.3) is 0 Å². The molecule has 9 heteroatoms. The molecular weight excluding hydrogens is 876 g/mol. The normalized spacial score (nSPS) is 15.1. The van der Waals surface area contributed by atoms with Crippen LogP contribution in [0.4, 0.5) is 0 Å². The molecule has 0 spiro atoms. The molecule has 1 amide bonds. The van der Waals surface area contributed by atoms with Crippen molar-refractivity contribution < 1.29 is 32.9 Å². The van der Waals surface area contributed by atoms with Crippen LogP contribution in [0.1, 0.15) is 187 Å². The third-order valence-electron chi connectivity index (χ3n) is 11.2. The van der Waals surface area contributed by atoms with Crippen LogP contribution in [0.2, 0.25) is 0 Å². The van der Waals surface area contributed by atoms with Crippen LogP contribution < -0.4 is 5.32 Å². The second-order valence-electron chi connectivity index (χ2n) is 18.9. The number of carbonyl (C=O) groups is 1. The summed E-state index contributed by atoms with van der Waals surface area (Å²) in [6, 6.07) is -0.778. The molecule has 0 rings (SSSR count). The highest BCUT2D eigenvalue weighted by Crippen LogP contribution is 2.43. The molecule has 3 unspecified atom stereocenters. The zero-order chi connectivity index (χ0) is 50.6. The Balaban J connectivity index is 4.09. The molecule has 0 aliphatic heterocycles. The minimum atomic E-state index is -4.32. The quantitative estimate of drug-likeness (QED) is 0.0243. The molecule has 392 valence electrons. The van der Waals surface area contributed by atoms with Gasteiger partial charge in [-0.3, -0.25) is 13.8 Å². The number of nitrogens with one attached hydrogen (secondary N) is 1. The van der Waals surface area contributed by atoms with Crippen molar-refractivity contribution >= 4 is 13.7 Å². The molecule has 0 aromatic carbocycles. The fraction of sp³-hybridized carbons (Fsp3) is 0.617. The van der Waals surface area contributed by atoms with Crippen molar-refractivity contribution in [3.05, 3.63) is 134 Å². The monoisotopic (exact) mass is 978 g/mol. The molecule has 69 heavy (non-hydrogen) atoms. The van der Waals surface area contributed by atoms with E-state index in [2.05, 4.69) is 153 Å². The largest absolute Gasteiger partial charge is 0.472 e. The van der Waals surface area contributed by atoms with Crippen LogP contribution in [0.5, 0.6) is 0 Å². The van der Waals surface area contributed by atoms with Gasteiger partial charge in [-0.2, -0.15) is 0 Å². The molecule has 0 aromatic rings. The number of nitrogens with zero attached hydrogens (tertiary/aromatic N) is 1. The number of allylic oxidation sites excluding steroid dienone is 22. The van der Waals surface area contributed by atoms with E-state index in [1.54, 1.807) is 0 Å². The summed E-state index contributed by atoms with van der Waals surface area (Å²) in [4.78, 5) is 23.1. The Kier molecular flexibility index (Phi) is 47.2. The van der Waals surface area contributed by atoms with E-state index in [1.165, 1.54) is 32.1 Å². The highest BCUT2D eigenvalue weighted by molar-refractivity contribution is 7.47. The fourth-order valence-electron chi connectivity index (χ4n) is 6.93. The Hall–Kier alpha value is -3.36. The van der Waals surface area contributed by atoms with Gasteiger partial charge in [0.2, 0.25) is 5.91 Å². The number of rotatable bonds is 47. The van der Waals surface area contributed by atoms with E-state index < -0.39 is 20.0 Å². The van der Waals surface area contributed by atoms with Gasteiger partial charge in [-0.15, -0.1) is 0 Å². The van der Waals surface area contributed by atoms with Crippen LogP contribution in [0.3, 0.4) is 0 Å². The molecular formula is C60H102N2O6P+. The Bertz CT molecular complexity index is 1580. The SMILES string of the molecule is CC/C=C\C/C=C\C/C=C\C/C=C\C/C=C\C/C=C\C/C=C\C/C=C\C/C=C\C/C=C\C/C=C\CCCCCCCC(=O)NC(COP(=O)(O)OCC[N+](C)(C)C)C(O)CCCCCCCCCC. The van der Waals surface area contributed by atoms with Crippen LogP contribution in [0.25, 0.3) is 0 Å². The van der Waals surface area contributed by atoms with Crippen molar-refractivity contribution in [3.8, 4) is 0 Å². The Morgan fingerprint density at radius 2 is 0.870 bits per heavy atom. The first-order valence-corrected chi connectivity index (χ1v) is 28.5. The van der Waals surface area contributed by atoms with Gasteiger partial charge in [0, 0.05) is 6.42 Å². The predicted octanol–water partition coefficient (Wildman–Crippen LogP) is 16.4. The first-order valence-electron chi connectivity index (χ1n) is 27.0. The van der Waals surface area contributed by atoms with Crippen molar-refractivity contribution in [2.75, 3.05) is 40.9 Å². The Morgan fingerprint density at radius 3 is 1.28 bits per heavy atom. The van der Waals surface area contributed by atoms with Gasteiger partial charge in [-0.1, -0.05) is 218 Å². The number of unbranched alkanes of at least 4 members (excludes halogenated alkanes) is 12. The van der Waals surface area contributed by atoms with Crippen LogP contribution >= 0.6 is 7.82 Å². The molecule has 0 saturated carbocycles. The summed E-state index contributed by atoms with van der Waals surface area (Å²) < 4.78 is 23.6. The maximum Gasteiger partial charge on any atom is 0.472 e. The summed E-state index contributed by atoms with van der Waals surface area (Å²) in [6.45, 7) is 4.69. The highest BCUT2D eigenvalue weighted by Gasteiger charge is 2.28. The lowest BCUT2D eigenvalue weighted by Crippen LogP contribution is -2.46. The van der Waals surface area contributed by atoms with Gasteiger partial charge in [0.05, 0.1) is 39.9 Å². The molecule has 8 nitrogen and oxygen atoms in total. The second kappa shape index (κ2) is 49.6. The first-order chi connectivity index (χ1) is 33.5. The van der Waals surface area contributed by atoms with Crippen molar-refractivity contribution in [2.45, 2.75) is 199 Å². The number of aliphatic hydroxyl groups excluding tert-OH is 1. The number of hydrogen-bond acceptors (Lipinski definition) is 5. The Labute approximate surface area is 424 Å². The van der Waals surface area contributed by atoms with Crippen LogP contribution in [-0.2, 0) is 18.4 Å². The van der Waals surface area contributed by atoms with E-state index in [-0.39, 0.29) is 19.1 Å². The third-order valence-corrected chi connectivity index (χ3v) is 12.1. The van der Waals surface area contributed by atoms with E-state index in [4.69, 9.17) is 9.05 Å². The lowest BCUT2D eigenvalue weighted by atomic mass is 10.0. The maximum absolute atomic E-state index is 12.9. The van der Waals surface area contributed by atoms with Gasteiger partial charge < -0.3 is 19.8 Å². The minimum absolute atomic E-state index is 0.0630. The highest BCUT2D eigenvalue weighted by atomic mass is 31.2. The number of carbonyl (C=O) groups excluding carboxylic acids is 1. The zero-order valence-electron chi connectivity index (χ0n) is 44.5. The van der Waals surface area contributed by atoms with Gasteiger partial charge in [-0.25, -0.2) is 4.57 Å². The van der Waals surface area contributed by atoms with Crippen molar-refractivity contribution in [1.29, 1.82) is 0 Å². The maximum atomic E-state index is 12.9. The summed E-state index contributed by atoms with van der Waals surface area (Å²) in [6.07, 6.45) is 75.2. The average Bonchev–Trinajstić information content (AvgIpc) is 3.31. The summed E-state index contributed by atoms with van der Waals surface area (Å²) in [5, 5.41) is 13.9. The summed E-state index contributed by atoms with van der Waals surface area (Å²) >= 11 is 0. The predicted molar refractivity (Wildman–Crippen MR) is 299 cm³/mol. The molecule has 3 atom stereocenters. The Morgan fingerprint density at radius 1 is 0.507 bits per heavy atom. The summed E-state index contributed by atoms with van der Waals surface area (Å²) in [7, 11) is 1.58. The zero-order valence-corrected chi connectivity index (χ0v) is 45.4. The van der Waals surface area contributed by atoms with E-state index >= 15 is 0 Å². The first kappa shape index (κ1) is 65.6. The third kappa shape index (κ3) is 52.3. The van der Waals surface area contributed by atoms with Crippen LogP contribution in [0.15, 0.2) is 134 Å². The standard InChI is InChI=1S/C60H101N2O6P/c1-6-8-10-12-14-16-17-18-19-20-21-22-23-24-25-26-27-28-29-30-31-32-33-34-35-36-37-38-39-40-41-42-43-44-45-46-48-50-52-54-60(64)61-58(57-68-69(65,66)67-56-55-62(3,4)5)59(63)53-51-49-47-15-13-11-9-7-2/h8,10,14,16,18-19,21-22,24-25,27-28,30-31,33-34,36-37,39-40,42-43,58-59,63H,6-7,9,11-13,15,17,20,23,26,29,32,35,38,41,44-57H2,1-5H3,(H-,61,64,65,66)/p+1/b10-8-,16-14-,19-18-,22-21-,25-24-,28-27-,31-30-,34-33-,37-36-,40-39-,43-42-. The fourth-order valence-corrected chi connectivity index (χ4v) is 7.67. The van der Waals surface area contributed by atoms with E-state index in [9.17, 15) is 19.4 Å². The number of phosphoric ester groups is 1. The molecule has 0 radical (unpaired) electrons. The summed E-state index contributed by atoms with van der Waals surface area (Å²) in [5.74, 6) is -0.173. The number of phosphoric acid groups is 1. The molecule has 0 aromatic heterocycles. The van der Waals surface area contributed by atoms with Crippen LogP contribution in [-0.4, -0.2) is 73.4 Å². The lowest BCUT2D eigenvalue weighted by molar-refractivity contribution is -0.870. The molecule has 0 fully saturated rings. The number of hydrogen-bond donors (Lipinski definition) is 3. The number of amides is 1. The van der Waals surface area contributed by atoms with E-state index in [0.29, 0.717) is 23.9 Å². The topological polar surface area (TPSA) is 105 Å².